The molecule has 0 atom stereocenters. The summed E-state index contributed by atoms with van der Waals surface area (Å²) in [7, 11) is 1.61. The van der Waals surface area contributed by atoms with E-state index in [4.69, 9.17) is 26.1 Å². The van der Waals surface area contributed by atoms with E-state index in [0.29, 0.717) is 22.3 Å². The van der Waals surface area contributed by atoms with Crippen LogP contribution in [-0.4, -0.2) is 62.3 Å². The van der Waals surface area contributed by atoms with Gasteiger partial charge >= 0.3 is 0 Å². The van der Waals surface area contributed by atoms with Crippen molar-refractivity contribution in [3.8, 4) is 5.75 Å². The van der Waals surface area contributed by atoms with Crippen LogP contribution in [0.2, 0.25) is 5.02 Å². The summed E-state index contributed by atoms with van der Waals surface area (Å²) < 4.78 is 11.6. The van der Waals surface area contributed by atoms with E-state index in [9.17, 15) is 4.79 Å². The normalized spacial score (nSPS) is 14.8. The molecule has 0 radical (unpaired) electrons. The van der Waals surface area contributed by atoms with Gasteiger partial charge < -0.3 is 9.47 Å². The average Bonchev–Trinajstić information content (AvgIpc) is 3.18. The SMILES string of the molecule is COc1ccc(C(=O)N(CCN2CCOCC2)c2nc3c(C)cc(Cl)cc3s2)cc1. The van der Waals surface area contributed by atoms with Crippen LogP contribution in [0.1, 0.15) is 15.9 Å². The second kappa shape index (κ2) is 9.31. The van der Waals surface area contributed by atoms with Crippen LogP contribution in [0, 0.1) is 6.92 Å². The van der Waals surface area contributed by atoms with Gasteiger partial charge in [0.05, 0.1) is 30.5 Å². The van der Waals surface area contributed by atoms with E-state index in [0.717, 1.165) is 54.4 Å². The van der Waals surface area contributed by atoms with Crippen LogP contribution in [0.25, 0.3) is 10.2 Å². The molecular formula is C22H24ClN3O3S. The first-order valence-electron chi connectivity index (χ1n) is 9.88. The highest BCUT2D eigenvalue weighted by atomic mass is 35.5. The number of thiazole rings is 1. The highest BCUT2D eigenvalue weighted by Crippen LogP contribution is 2.33. The predicted molar refractivity (Wildman–Crippen MR) is 121 cm³/mol. The van der Waals surface area contributed by atoms with Crippen LogP contribution in [0.5, 0.6) is 5.75 Å². The van der Waals surface area contributed by atoms with Gasteiger partial charge in [-0.05, 0) is 48.9 Å². The Kier molecular flexibility index (Phi) is 6.53. The molecule has 0 unspecified atom stereocenters. The molecule has 0 aliphatic carbocycles. The van der Waals surface area contributed by atoms with Crippen LogP contribution in [0.15, 0.2) is 36.4 Å². The number of nitrogens with zero attached hydrogens (tertiary/aromatic N) is 3. The summed E-state index contributed by atoms with van der Waals surface area (Å²) in [5.41, 5.74) is 2.50. The van der Waals surface area contributed by atoms with Crippen molar-refractivity contribution in [1.29, 1.82) is 0 Å². The third-order valence-electron chi connectivity index (χ3n) is 5.20. The molecule has 0 N–H and O–H groups in total. The Morgan fingerprint density at radius 1 is 1.27 bits per heavy atom. The number of fused-ring (bicyclic) bond motifs is 1. The number of hydrogen-bond acceptors (Lipinski definition) is 6. The fraction of sp³-hybridized carbons (Fsp3) is 0.364. The summed E-state index contributed by atoms with van der Waals surface area (Å²) in [6, 6.07) is 11.0. The summed E-state index contributed by atoms with van der Waals surface area (Å²) in [4.78, 5) is 22.3. The zero-order valence-electron chi connectivity index (χ0n) is 17.1. The quantitative estimate of drug-likeness (QED) is 0.567. The van der Waals surface area contributed by atoms with E-state index in [2.05, 4.69) is 4.90 Å². The first-order chi connectivity index (χ1) is 14.5. The Labute approximate surface area is 185 Å². The summed E-state index contributed by atoms with van der Waals surface area (Å²) in [6.07, 6.45) is 0. The number of ether oxygens (including phenoxy) is 2. The minimum atomic E-state index is -0.0753. The molecule has 8 heteroatoms. The van der Waals surface area contributed by atoms with E-state index < -0.39 is 0 Å². The third kappa shape index (κ3) is 4.59. The molecule has 0 bridgehead atoms. The molecular weight excluding hydrogens is 422 g/mol. The lowest BCUT2D eigenvalue weighted by Gasteiger charge is -2.29. The van der Waals surface area contributed by atoms with Gasteiger partial charge in [0.2, 0.25) is 0 Å². The zero-order valence-corrected chi connectivity index (χ0v) is 18.6. The first kappa shape index (κ1) is 21.1. The molecule has 30 heavy (non-hydrogen) atoms. The third-order valence-corrected chi connectivity index (χ3v) is 6.44. The molecule has 6 nitrogen and oxygen atoms in total. The van der Waals surface area contributed by atoms with Crippen LogP contribution < -0.4 is 9.64 Å². The molecule has 1 aliphatic heterocycles. The molecule has 0 spiro atoms. The second-order valence-corrected chi connectivity index (χ2v) is 8.65. The monoisotopic (exact) mass is 445 g/mol. The fourth-order valence-corrected chi connectivity index (χ4v) is 4.94. The van der Waals surface area contributed by atoms with Crippen molar-refractivity contribution in [1.82, 2.24) is 9.88 Å². The van der Waals surface area contributed by atoms with E-state index in [1.165, 1.54) is 11.3 Å². The Morgan fingerprint density at radius 2 is 2.00 bits per heavy atom. The van der Waals surface area contributed by atoms with Crippen molar-refractivity contribution in [2.45, 2.75) is 6.92 Å². The highest BCUT2D eigenvalue weighted by Gasteiger charge is 2.23. The molecule has 2 heterocycles. The molecule has 1 saturated heterocycles. The molecule has 1 fully saturated rings. The van der Waals surface area contributed by atoms with Crippen molar-refractivity contribution < 1.29 is 14.3 Å². The number of halogens is 1. The number of aromatic nitrogens is 1. The van der Waals surface area contributed by atoms with Crippen molar-refractivity contribution >= 4 is 44.2 Å². The largest absolute Gasteiger partial charge is 0.497 e. The number of benzene rings is 2. The summed E-state index contributed by atoms with van der Waals surface area (Å²) in [5, 5.41) is 1.36. The van der Waals surface area contributed by atoms with Gasteiger partial charge in [-0.3, -0.25) is 14.6 Å². The maximum absolute atomic E-state index is 13.4. The molecule has 158 valence electrons. The number of anilines is 1. The van der Waals surface area contributed by atoms with Gasteiger partial charge in [0, 0.05) is 36.8 Å². The Hall–Kier alpha value is -2.19. The number of hydrogen-bond donors (Lipinski definition) is 0. The van der Waals surface area contributed by atoms with Gasteiger partial charge in [0.1, 0.15) is 5.75 Å². The summed E-state index contributed by atoms with van der Waals surface area (Å²) in [5.74, 6) is 0.644. The topological polar surface area (TPSA) is 54.9 Å². The van der Waals surface area contributed by atoms with Gasteiger partial charge in [-0.1, -0.05) is 22.9 Å². The van der Waals surface area contributed by atoms with Crippen molar-refractivity contribution in [3.05, 3.63) is 52.5 Å². The molecule has 1 aromatic heterocycles. The number of carbonyl (C=O) groups is 1. The molecule has 3 aromatic rings. The minimum Gasteiger partial charge on any atom is -0.497 e. The van der Waals surface area contributed by atoms with Crippen LogP contribution in [0.4, 0.5) is 5.13 Å². The lowest BCUT2D eigenvalue weighted by atomic mass is 10.2. The summed E-state index contributed by atoms with van der Waals surface area (Å²) in [6.45, 7) is 6.51. The number of aryl methyl sites for hydroxylation is 1. The van der Waals surface area contributed by atoms with Crippen molar-refractivity contribution in [3.63, 3.8) is 0 Å². The van der Waals surface area contributed by atoms with E-state index >= 15 is 0 Å². The molecule has 1 aliphatic rings. The summed E-state index contributed by atoms with van der Waals surface area (Å²) >= 11 is 7.72. The van der Waals surface area contributed by atoms with E-state index in [-0.39, 0.29) is 5.91 Å². The van der Waals surface area contributed by atoms with Gasteiger partial charge in [0.25, 0.3) is 5.91 Å². The number of carbonyl (C=O) groups excluding carboxylic acids is 1. The standard InChI is InChI=1S/C22H24ClN3O3S/c1-15-13-17(23)14-19-20(15)24-22(30-19)26(8-7-25-9-11-29-12-10-25)21(27)16-3-5-18(28-2)6-4-16/h3-6,13-14H,7-12H2,1-2H3. The van der Waals surface area contributed by atoms with Gasteiger partial charge in [-0.2, -0.15) is 0 Å². The lowest BCUT2D eigenvalue weighted by Crippen LogP contribution is -2.43. The Balaban J connectivity index is 1.65. The first-order valence-corrected chi connectivity index (χ1v) is 11.1. The maximum atomic E-state index is 13.4. The molecule has 0 saturated carbocycles. The van der Waals surface area contributed by atoms with Gasteiger partial charge in [-0.25, -0.2) is 4.98 Å². The Morgan fingerprint density at radius 3 is 2.70 bits per heavy atom. The van der Waals surface area contributed by atoms with Crippen LogP contribution in [0.3, 0.4) is 0 Å². The van der Waals surface area contributed by atoms with Gasteiger partial charge in [-0.15, -0.1) is 0 Å². The lowest BCUT2D eigenvalue weighted by molar-refractivity contribution is 0.0391. The molecule has 2 aromatic carbocycles. The van der Waals surface area contributed by atoms with E-state index in [1.807, 2.05) is 19.1 Å². The fourth-order valence-electron chi connectivity index (χ4n) is 3.50. The molecule has 4 rings (SSSR count). The minimum absolute atomic E-state index is 0.0753. The number of amides is 1. The number of morpholine rings is 1. The van der Waals surface area contributed by atoms with Crippen molar-refractivity contribution in [2.75, 3.05) is 51.4 Å². The smallest absolute Gasteiger partial charge is 0.260 e. The average molecular weight is 446 g/mol. The van der Waals surface area contributed by atoms with E-state index in [1.54, 1.807) is 36.3 Å². The van der Waals surface area contributed by atoms with Crippen LogP contribution >= 0.6 is 22.9 Å². The van der Waals surface area contributed by atoms with Crippen LogP contribution in [-0.2, 0) is 4.74 Å². The second-order valence-electron chi connectivity index (χ2n) is 7.21. The highest BCUT2D eigenvalue weighted by molar-refractivity contribution is 7.22. The van der Waals surface area contributed by atoms with Crippen molar-refractivity contribution in [2.24, 2.45) is 0 Å². The Bertz CT molecular complexity index is 1030. The number of methoxy groups -OCH3 is 1. The predicted octanol–water partition coefficient (Wildman–Crippen LogP) is 4.25. The zero-order chi connectivity index (χ0) is 21.1. The van der Waals surface area contributed by atoms with Gasteiger partial charge in [0.15, 0.2) is 5.13 Å². The maximum Gasteiger partial charge on any atom is 0.260 e. The number of rotatable bonds is 6. The molecule has 1 amide bonds.